The van der Waals surface area contributed by atoms with Gasteiger partial charge in [-0.05, 0) is 24.8 Å². The van der Waals surface area contributed by atoms with E-state index >= 15 is 0 Å². The Labute approximate surface area is 95.7 Å². The predicted molar refractivity (Wildman–Crippen MR) is 67.4 cm³/mol. The van der Waals surface area contributed by atoms with Crippen LogP contribution in [0.15, 0.2) is 30.3 Å². The molecular weight excluding hydrogens is 206 g/mol. The van der Waals surface area contributed by atoms with Gasteiger partial charge in [-0.1, -0.05) is 25.1 Å². The molecule has 15 heavy (non-hydrogen) atoms. The van der Waals surface area contributed by atoms with E-state index in [1.165, 1.54) is 0 Å². The van der Waals surface area contributed by atoms with Crippen molar-refractivity contribution in [3.63, 3.8) is 0 Å². The van der Waals surface area contributed by atoms with Crippen molar-refractivity contribution in [1.29, 1.82) is 0 Å². The van der Waals surface area contributed by atoms with Crippen LogP contribution in [-0.2, 0) is 4.79 Å². The highest BCUT2D eigenvalue weighted by Gasteiger charge is 2.19. The van der Waals surface area contributed by atoms with E-state index in [1.807, 2.05) is 50.6 Å². The summed E-state index contributed by atoms with van der Waals surface area (Å²) in [5.41, 5.74) is 0.954. The fraction of sp³-hybridized carbons (Fsp3) is 0.417. The van der Waals surface area contributed by atoms with E-state index in [0.717, 1.165) is 12.1 Å². The highest BCUT2D eigenvalue weighted by Crippen LogP contribution is 2.18. The van der Waals surface area contributed by atoms with Crippen LogP contribution in [0, 0.1) is 0 Å². The number of carbonyl (C=O) groups is 1. The maximum atomic E-state index is 12.0. The molecule has 0 aromatic heterocycles. The minimum absolute atomic E-state index is 0.0650. The monoisotopic (exact) mass is 223 g/mol. The Kier molecular flexibility index (Phi) is 4.69. The van der Waals surface area contributed by atoms with Crippen LogP contribution in [0.5, 0.6) is 0 Å². The molecule has 0 aliphatic heterocycles. The lowest BCUT2D eigenvalue weighted by atomic mass is 10.2. The molecule has 0 N–H and O–H groups in total. The second kappa shape index (κ2) is 5.81. The van der Waals surface area contributed by atoms with Crippen LogP contribution in [0.4, 0.5) is 5.69 Å². The number of hydrogen-bond donors (Lipinski definition) is 0. The smallest absolute Gasteiger partial charge is 0.239 e. The molecule has 1 aromatic carbocycles. The number of thioether (sulfide) groups is 1. The molecule has 0 aliphatic rings. The van der Waals surface area contributed by atoms with Gasteiger partial charge in [0.25, 0.3) is 0 Å². The van der Waals surface area contributed by atoms with Gasteiger partial charge in [0.05, 0.1) is 5.25 Å². The summed E-state index contributed by atoms with van der Waals surface area (Å²) in [6.07, 6.45) is 2.85. The molecule has 0 heterocycles. The minimum atomic E-state index is 0.0650. The van der Waals surface area contributed by atoms with Gasteiger partial charge in [-0.15, -0.1) is 0 Å². The van der Waals surface area contributed by atoms with Crippen molar-refractivity contribution in [3.05, 3.63) is 30.3 Å². The Bertz CT molecular complexity index is 309. The largest absolute Gasteiger partial charge is 0.315 e. The van der Waals surface area contributed by atoms with Crippen LogP contribution in [-0.4, -0.2) is 24.5 Å². The second-order valence-electron chi connectivity index (χ2n) is 3.37. The molecule has 0 fully saturated rings. The third kappa shape index (κ3) is 2.99. The van der Waals surface area contributed by atoms with Gasteiger partial charge in [-0.3, -0.25) is 4.79 Å². The molecule has 1 amide bonds. The number of hydrogen-bond acceptors (Lipinski definition) is 2. The van der Waals surface area contributed by atoms with Gasteiger partial charge in [0.15, 0.2) is 0 Å². The third-order valence-corrected chi connectivity index (χ3v) is 3.51. The van der Waals surface area contributed by atoms with E-state index in [4.69, 9.17) is 0 Å². The van der Waals surface area contributed by atoms with Crippen molar-refractivity contribution in [1.82, 2.24) is 0 Å². The van der Waals surface area contributed by atoms with Crippen molar-refractivity contribution < 1.29 is 4.79 Å². The van der Waals surface area contributed by atoms with Crippen LogP contribution in [0.25, 0.3) is 0 Å². The van der Waals surface area contributed by atoms with Crippen LogP contribution < -0.4 is 4.90 Å². The van der Waals surface area contributed by atoms with Crippen molar-refractivity contribution in [2.24, 2.45) is 0 Å². The van der Waals surface area contributed by atoms with Gasteiger partial charge in [0.2, 0.25) is 5.91 Å². The molecule has 1 atom stereocenters. The Morgan fingerprint density at radius 2 is 2.00 bits per heavy atom. The summed E-state index contributed by atoms with van der Waals surface area (Å²) in [5.74, 6) is 0.177. The summed E-state index contributed by atoms with van der Waals surface area (Å²) < 4.78 is 0. The average Bonchev–Trinajstić information content (AvgIpc) is 2.30. The summed E-state index contributed by atoms with van der Waals surface area (Å²) in [6.45, 7) is 2.04. The molecule has 0 radical (unpaired) electrons. The van der Waals surface area contributed by atoms with E-state index in [1.54, 1.807) is 16.7 Å². The van der Waals surface area contributed by atoms with E-state index in [0.29, 0.717) is 0 Å². The van der Waals surface area contributed by atoms with E-state index in [9.17, 15) is 4.79 Å². The normalized spacial score (nSPS) is 12.2. The number of nitrogens with zero attached hydrogens (tertiary/aromatic N) is 1. The number of carbonyl (C=O) groups excluding carboxylic acids is 1. The van der Waals surface area contributed by atoms with Gasteiger partial charge in [-0.25, -0.2) is 0 Å². The maximum Gasteiger partial charge on any atom is 0.239 e. The zero-order valence-electron chi connectivity index (χ0n) is 9.43. The molecule has 2 nitrogen and oxygen atoms in total. The first-order valence-corrected chi connectivity index (χ1v) is 6.35. The SMILES string of the molecule is CCC(SC)C(=O)N(C)c1ccccc1. The number of benzene rings is 1. The van der Waals surface area contributed by atoms with Gasteiger partial charge < -0.3 is 4.90 Å². The molecule has 82 valence electrons. The Balaban J connectivity index is 2.76. The second-order valence-corrected chi connectivity index (χ2v) is 4.41. The first-order valence-electron chi connectivity index (χ1n) is 5.06. The van der Waals surface area contributed by atoms with E-state index in [2.05, 4.69) is 0 Å². The molecule has 0 spiro atoms. The summed E-state index contributed by atoms with van der Waals surface area (Å²) in [5, 5.41) is 0.0650. The van der Waals surface area contributed by atoms with E-state index in [-0.39, 0.29) is 11.2 Å². The van der Waals surface area contributed by atoms with Crippen LogP contribution in [0.3, 0.4) is 0 Å². The fourth-order valence-corrected chi connectivity index (χ4v) is 2.13. The van der Waals surface area contributed by atoms with Gasteiger partial charge in [0, 0.05) is 12.7 Å². The van der Waals surface area contributed by atoms with Crippen LogP contribution in [0.2, 0.25) is 0 Å². The molecule has 0 saturated carbocycles. The summed E-state index contributed by atoms with van der Waals surface area (Å²) >= 11 is 1.61. The standard InChI is InChI=1S/C12H17NOS/c1-4-11(15-3)12(14)13(2)10-8-6-5-7-9-10/h5-9,11H,4H2,1-3H3. The molecule has 1 rings (SSSR count). The molecular formula is C12H17NOS. The Morgan fingerprint density at radius 3 is 2.47 bits per heavy atom. The number of amides is 1. The fourth-order valence-electron chi connectivity index (χ4n) is 1.44. The van der Waals surface area contributed by atoms with Crippen LogP contribution in [0.1, 0.15) is 13.3 Å². The number of rotatable bonds is 4. The zero-order valence-corrected chi connectivity index (χ0v) is 10.3. The maximum absolute atomic E-state index is 12.0. The topological polar surface area (TPSA) is 20.3 Å². The number of para-hydroxylation sites is 1. The van der Waals surface area contributed by atoms with E-state index < -0.39 is 0 Å². The highest BCUT2D eigenvalue weighted by atomic mass is 32.2. The minimum Gasteiger partial charge on any atom is -0.315 e. The summed E-state index contributed by atoms with van der Waals surface area (Å²) in [6, 6.07) is 9.74. The Morgan fingerprint density at radius 1 is 1.40 bits per heavy atom. The predicted octanol–water partition coefficient (Wildman–Crippen LogP) is 2.79. The summed E-state index contributed by atoms with van der Waals surface area (Å²) in [4.78, 5) is 13.7. The molecule has 0 bridgehead atoms. The van der Waals surface area contributed by atoms with Gasteiger partial charge in [-0.2, -0.15) is 11.8 Å². The van der Waals surface area contributed by atoms with Crippen molar-refractivity contribution >= 4 is 23.4 Å². The lowest BCUT2D eigenvalue weighted by Crippen LogP contribution is -2.34. The highest BCUT2D eigenvalue weighted by molar-refractivity contribution is 7.99. The Hall–Kier alpha value is -0.960. The zero-order chi connectivity index (χ0) is 11.3. The number of anilines is 1. The quantitative estimate of drug-likeness (QED) is 0.782. The van der Waals surface area contributed by atoms with Crippen molar-refractivity contribution in [2.45, 2.75) is 18.6 Å². The van der Waals surface area contributed by atoms with Crippen molar-refractivity contribution in [3.8, 4) is 0 Å². The van der Waals surface area contributed by atoms with Gasteiger partial charge >= 0.3 is 0 Å². The molecule has 3 heteroatoms. The molecule has 0 saturated heterocycles. The average molecular weight is 223 g/mol. The van der Waals surface area contributed by atoms with Crippen LogP contribution >= 0.6 is 11.8 Å². The molecule has 0 aliphatic carbocycles. The lowest BCUT2D eigenvalue weighted by molar-refractivity contribution is -0.117. The first-order chi connectivity index (χ1) is 7.20. The lowest BCUT2D eigenvalue weighted by Gasteiger charge is -2.21. The molecule has 1 unspecified atom stereocenters. The first kappa shape index (κ1) is 12.1. The summed E-state index contributed by atoms with van der Waals surface area (Å²) in [7, 11) is 1.83. The third-order valence-electron chi connectivity index (χ3n) is 2.40. The molecule has 1 aromatic rings. The van der Waals surface area contributed by atoms with Crippen molar-refractivity contribution in [2.75, 3.05) is 18.2 Å². The van der Waals surface area contributed by atoms with Gasteiger partial charge in [0.1, 0.15) is 0 Å².